The lowest BCUT2D eigenvalue weighted by Crippen LogP contribution is -2.35. The van der Waals surface area contributed by atoms with Gasteiger partial charge < -0.3 is 4.74 Å². The highest BCUT2D eigenvalue weighted by Crippen LogP contribution is 2.40. The Hall–Kier alpha value is -0.860. The molecule has 0 bridgehead atoms. The third-order valence-electron chi connectivity index (χ3n) is 3.83. The van der Waals surface area contributed by atoms with Crippen LogP contribution >= 0.6 is 0 Å². The summed E-state index contributed by atoms with van der Waals surface area (Å²) in [6.07, 6.45) is 8.60. The first-order chi connectivity index (χ1) is 8.77. The number of hydrogen-bond donors (Lipinski definition) is 0. The molecule has 2 nitrogen and oxygen atoms in total. The molecular weight excluding hydrogens is 222 g/mol. The lowest BCUT2D eigenvalue weighted by molar-refractivity contribution is 0.0229. The Labute approximate surface area is 110 Å². The summed E-state index contributed by atoms with van der Waals surface area (Å²) < 4.78 is 6.24. The van der Waals surface area contributed by atoms with Crippen LogP contribution in [-0.2, 0) is 4.74 Å². The molecule has 2 heteroatoms. The van der Waals surface area contributed by atoms with Crippen LogP contribution in [0.15, 0.2) is 30.3 Å². The molecule has 3 rings (SSSR count). The minimum atomic E-state index is 0.0696. The summed E-state index contributed by atoms with van der Waals surface area (Å²) in [6.45, 7) is 2.22. The van der Waals surface area contributed by atoms with E-state index in [0.29, 0.717) is 6.04 Å². The van der Waals surface area contributed by atoms with Crippen LogP contribution in [0.5, 0.6) is 0 Å². The van der Waals surface area contributed by atoms with Crippen molar-refractivity contribution >= 4 is 0 Å². The Balaban J connectivity index is 1.78. The zero-order valence-electron chi connectivity index (χ0n) is 10.8. The molecule has 0 N–H and O–H groups in total. The number of benzene rings is 1. The van der Waals surface area contributed by atoms with Gasteiger partial charge in [0.15, 0.2) is 0 Å². The van der Waals surface area contributed by atoms with Crippen LogP contribution in [0.1, 0.15) is 18.6 Å². The molecule has 0 amide bonds. The molecule has 18 heavy (non-hydrogen) atoms. The molecule has 0 aromatic heterocycles. The zero-order valence-corrected chi connectivity index (χ0v) is 10.8. The van der Waals surface area contributed by atoms with Gasteiger partial charge in [0.25, 0.3) is 0 Å². The fourth-order valence-electron chi connectivity index (χ4n) is 2.64. The van der Waals surface area contributed by atoms with Gasteiger partial charge in [0.2, 0.25) is 0 Å². The molecule has 1 saturated carbocycles. The Morgan fingerprint density at radius 1 is 1.06 bits per heavy atom. The lowest BCUT2D eigenvalue weighted by atomic mass is 10.0. The minimum absolute atomic E-state index is 0.0696. The molecule has 0 unspecified atom stereocenters. The summed E-state index contributed by atoms with van der Waals surface area (Å²) >= 11 is 0. The average molecular weight is 240 g/mol. The molecule has 1 heterocycles. The Bertz CT molecular complexity index is 385. The van der Waals surface area contributed by atoms with E-state index < -0.39 is 0 Å². The second-order valence-electron chi connectivity index (χ2n) is 4.94. The molecule has 93 valence electrons. The van der Waals surface area contributed by atoms with Crippen LogP contribution in [0, 0.1) is 31.6 Å². The number of ether oxygens (including phenoxy) is 1. The van der Waals surface area contributed by atoms with Crippen LogP contribution < -0.4 is 0 Å². The van der Waals surface area contributed by atoms with E-state index in [1.807, 2.05) is 6.07 Å². The summed E-state index contributed by atoms with van der Waals surface area (Å²) in [6, 6.07) is 10.8. The molecule has 2 aliphatic rings. The maximum Gasteiger partial charge on any atom is 0.118 e. The number of nitrogens with zero attached hydrogens (tertiary/aromatic N) is 1. The van der Waals surface area contributed by atoms with Crippen molar-refractivity contribution in [3.63, 3.8) is 0 Å². The van der Waals surface area contributed by atoms with Crippen molar-refractivity contribution in [3.8, 4) is 0 Å². The van der Waals surface area contributed by atoms with E-state index in [4.69, 9.17) is 4.74 Å². The number of hydrogen-bond acceptors (Lipinski definition) is 2. The van der Waals surface area contributed by atoms with E-state index in [2.05, 4.69) is 68.8 Å². The van der Waals surface area contributed by atoms with Crippen molar-refractivity contribution < 1.29 is 4.74 Å². The molecular formula is C16H18NO. The predicted molar refractivity (Wildman–Crippen MR) is 71.7 cm³/mol. The van der Waals surface area contributed by atoms with Gasteiger partial charge >= 0.3 is 0 Å². The van der Waals surface area contributed by atoms with Crippen LogP contribution in [0.3, 0.4) is 0 Å². The van der Waals surface area contributed by atoms with Gasteiger partial charge in [-0.15, -0.1) is 0 Å². The van der Waals surface area contributed by atoms with Crippen LogP contribution in [0.2, 0.25) is 0 Å². The van der Waals surface area contributed by atoms with Crippen molar-refractivity contribution in [2.75, 3.05) is 7.05 Å². The zero-order chi connectivity index (χ0) is 12.5. The van der Waals surface area contributed by atoms with Crippen LogP contribution in [0.4, 0.5) is 0 Å². The molecule has 1 aliphatic heterocycles. The van der Waals surface area contributed by atoms with Gasteiger partial charge in [-0.05, 0) is 45.2 Å². The quantitative estimate of drug-likeness (QED) is 0.788. The van der Waals surface area contributed by atoms with Crippen LogP contribution in [-0.4, -0.2) is 24.2 Å². The predicted octanol–water partition coefficient (Wildman–Crippen LogP) is 2.81. The summed E-state index contributed by atoms with van der Waals surface area (Å²) in [5, 5.41) is 0. The molecule has 5 radical (unpaired) electrons. The van der Waals surface area contributed by atoms with E-state index in [0.717, 1.165) is 0 Å². The molecule has 1 aliphatic carbocycles. The van der Waals surface area contributed by atoms with Crippen molar-refractivity contribution in [1.82, 2.24) is 4.90 Å². The normalized spacial score (nSPS) is 34.2. The lowest BCUT2D eigenvalue weighted by Gasteiger charge is -2.25. The van der Waals surface area contributed by atoms with Crippen molar-refractivity contribution in [1.29, 1.82) is 0 Å². The van der Waals surface area contributed by atoms with E-state index in [1.165, 1.54) is 11.5 Å². The molecule has 1 aromatic carbocycles. The Kier molecular flexibility index (Phi) is 3.40. The summed E-state index contributed by atoms with van der Waals surface area (Å²) in [4.78, 5) is 2.30. The van der Waals surface area contributed by atoms with Gasteiger partial charge in [0, 0.05) is 12.0 Å². The van der Waals surface area contributed by atoms with Crippen molar-refractivity contribution in [2.45, 2.75) is 25.3 Å². The minimum Gasteiger partial charge on any atom is -0.353 e. The van der Waals surface area contributed by atoms with Gasteiger partial charge in [0.05, 0.1) is 6.10 Å². The molecule has 1 saturated heterocycles. The fraction of sp³-hybridized carbons (Fsp3) is 0.312. The standard InChI is InChI=1S/C16H18NO/c1-12-15(13-8-4-3-5-9-13)18-16(17(12)2)14-10-6-7-11-14/h3-12,15-16H,1-2H3/t12-,15-,16-/m0/s1. The highest BCUT2D eigenvalue weighted by Gasteiger charge is 2.42. The van der Waals surface area contributed by atoms with Gasteiger partial charge in [0.1, 0.15) is 6.23 Å². The van der Waals surface area contributed by atoms with Crippen molar-refractivity contribution in [2.24, 2.45) is 0 Å². The fourth-order valence-corrected chi connectivity index (χ4v) is 2.64. The van der Waals surface area contributed by atoms with Gasteiger partial charge in [-0.2, -0.15) is 0 Å². The Morgan fingerprint density at radius 2 is 1.72 bits per heavy atom. The molecule has 2 fully saturated rings. The summed E-state index contributed by atoms with van der Waals surface area (Å²) in [7, 11) is 2.13. The van der Waals surface area contributed by atoms with Gasteiger partial charge in [-0.25, -0.2) is 0 Å². The summed E-state index contributed by atoms with van der Waals surface area (Å²) in [5.74, 6) is 1.24. The third-order valence-corrected chi connectivity index (χ3v) is 3.83. The van der Waals surface area contributed by atoms with Gasteiger partial charge in [-0.1, -0.05) is 30.3 Å². The van der Waals surface area contributed by atoms with Gasteiger partial charge in [-0.3, -0.25) is 4.90 Å². The monoisotopic (exact) mass is 240 g/mol. The van der Waals surface area contributed by atoms with E-state index in [9.17, 15) is 0 Å². The number of rotatable bonds is 2. The Morgan fingerprint density at radius 3 is 2.39 bits per heavy atom. The first-order valence-corrected chi connectivity index (χ1v) is 6.41. The second kappa shape index (κ2) is 5.02. The van der Waals surface area contributed by atoms with Crippen LogP contribution in [0.25, 0.3) is 0 Å². The third kappa shape index (κ3) is 2.08. The number of likely N-dealkylation sites (N-methyl/N-ethyl adjacent to an activating group) is 1. The average Bonchev–Trinajstić information content (AvgIpc) is 3.01. The molecule has 0 spiro atoms. The van der Waals surface area contributed by atoms with Crippen molar-refractivity contribution in [3.05, 3.63) is 67.5 Å². The highest BCUT2D eigenvalue weighted by molar-refractivity contribution is 5.38. The van der Waals surface area contributed by atoms with E-state index in [-0.39, 0.29) is 12.3 Å². The van der Waals surface area contributed by atoms with E-state index >= 15 is 0 Å². The largest absolute Gasteiger partial charge is 0.353 e. The smallest absolute Gasteiger partial charge is 0.118 e. The van der Waals surface area contributed by atoms with E-state index in [1.54, 1.807) is 0 Å². The summed E-state index contributed by atoms with van der Waals surface area (Å²) in [5.41, 5.74) is 1.26. The maximum atomic E-state index is 6.24. The molecule has 1 aromatic rings. The SMILES string of the molecule is C[C@H]1[C@@H](c2ccccc2)O[C@@H]([C]2[CH][CH][CH][CH]2)N1C. The topological polar surface area (TPSA) is 12.5 Å². The highest BCUT2D eigenvalue weighted by atomic mass is 16.5. The first kappa shape index (κ1) is 12.2. The first-order valence-electron chi connectivity index (χ1n) is 6.41. The molecule has 3 atom stereocenters. The maximum absolute atomic E-state index is 6.24. The second-order valence-corrected chi connectivity index (χ2v) is 4.94.